The first-order valence-corrected chi connectivity index (χ1v) is 9.41. The largest absolute Gasteiger partial charge is 0.465 e. The van der Waals surface area contributed by atoms with E-state index in [1.54, 1.807) is 6.20 Å². The van der Waals surface area contributed by atoms with E-state index in [1.807, 2.05) is 17.5 Å². The molecule has 4 N–H and O–H groups in total. The number of carbonyl (C=O) groups is 2. The van der Waals surface area contributed by atoms with Crippen LogP contribution in [0.2, 0.25) is 0 Å². The van der Waals surface area contributed by atoms with E-state index in [0.717, 1.165) is 18.2 Å². The molecule has 27 heavy (non-hydrogen) atoms. The topological polar surface area (TPSA) is 123 Å². The maximum absolute atomic E-state index is 12.7. The normalized spacial score (nSPS) is 17.0. The molecule has 4 rings (SSSR count). The van der Waals surface area contributed by atoms with Crippen LogP contribution in [0, 0.1) is 0 Å². The number of aromatic nitrogens is 3. The summed E-state index contributed by atoms with van der Waals surface area (Å²) in [5, 5.41) is 18.0. The molecule has 0 saturated carbocycles. The molecular formula is C17H18N6O3S. The number of H-pyrrole nitrogens is 1. The summed E-state index contributed by atoms with van der Waals surface area (Å²) in [4.78, 5) is 37.2. The van der Waals surface area contributed by atoms with E-state index in [4.69, 9.17) is 5.11 Å². The van der Waals surface area contributed by atoms with Crippen LogP contribution in [-0.2, 0) is 0 Å². The fourth-order valence-corrected chi connectivity index (χ4v) is 3.95. The molecule has 1 aliphatic rings. The van der Waals surface area contributed by atoms with E-state index < -0.39 is 6.09 Å². The molecule has 0 aliphatic carbocycles. The van der Waals surface area contributed by atoms with E-state index in [9.17, 15) is 9.59 Å². The molecule has 10 heteroatoms. The smallest absolute Gasteiger partial charge is 0.407 e. The quantitative estimate of drug-likeness (QED) is 0.547. The fraction of sp³-hybridized carbons (Fsp3) is 0.294. The predicted octanol–water partition coefficient (Wildman–Crippen LogP) is 2.64. The van der Waals surface area contributed by atoms with E-state index in [1.165, 1.54) is 22.6 Å². The highest BCUT2D eigenvalue weighted by atomic mass is 32.1. The van der Waals surface area contributed by atoms with Gasteiger partial charge in [-0.05, 0) is 30.4 Å². The van der Waals surface area contributed by atoms with Crippen LogP contribution in [0.5, 0.6) is 0 Å². The van der Waals surface area contributed by atoms with Gasteiger partial charge in [-0.2, -0.15) is 0 Å². The Morgan fingerprint density at radius 2 is 2.22 bits per heavy atom. The van der Waals surface area contributed by atoms with Crippen LogP contribution in [0.1, 0.15) is 22.5 Å². The van der Waals surface area contributed by atoms with Crippen molar-refractivity contribution in [3.05, 3.63) is 34.9 Å². The van der Waals surface area contributed by atoms with Crippen LogP contribution in [0.3, 0.4) is 0 Å². The van der Waals surface area contributed by atoms with Crippen molar-refractivity contribution in [3.63, 3.8) is 0 Å². The van der Waals surface area contributed by atoms with Gasteiger partial charge < -0.3 is 25.6 Å². The minimum atomic E-state index is -0.952. The highest BCUT2D eigenvalue weighted by molar-refractivity contribution is 7.12. The van der Waals surface area contributed by atoms with E-state index in [0.29, 0.717) is 35.1 Å². The highest BCUT2D eigenvalue weighted by Gasteiger charge is 2.25. The molecular weight excluding hydrogens is 368 g/mol. The minimum Gasteiger partial charge on any atom is -0.465 e. The molecule has 1 aliphatic heterocycles. The zero-order valence-electron chi connectivity index (χ0n) is 14.3. The Balaban J connectivity index is 1.49. The number of hydrogen-bond acceptors (Lipinski definition) is 6. The second kappa shape index (κ2) is 7.23. The molecule has 0 bridgehead atoms. The van der Waals surface area contributed by atoms with Gasteiger partial charge in [0.1, 0.15) is 22.7 Å². The Morgan fingerprint density at radius 1 is 1.33 bits per heavy atom. The van der Waals surface area contributed by atoms with Gasteiger partial charge in [0.05, 0.1) is 11.1 Å². The third-order valence-electron chi connectivity index (χ3n) is 4.51. The van der Waals surface area contributed by atoms with Crippen LogP contribution in [0.15, 0.2) is 30.0 Å². The molecule has 3 aromatic rings. The summed E-state index contributed by atoms with van der Waals surface area (Å²) >= 11 is 1.32. The van der Waals surface area contributed by atoms with Gasteiger partial charge in [0.2, 0.25) is 0 Å². The number of nitrogens with zero attached hydrogens (tertiary/aromatic N) is 3. The molecule has 1 unspecified atom stereocenters. The Kier molecular flexibility index (Phi) is 4.63. The maximum atomic E-state index is 12.7. The summed E-state index contributed by atoms with van der Waals surface area (Å²) in [6, 6.07) is 3.50. The number of piperidine rings is 1. The van der Waals surface area contributed by atoms with Gasteiger partial charge in [-0.15, -0.1) is 11.3 Å². The third kappa shape index (κ3) is 3.56. The number of carboxylic acid groups (broad SMARTS) is 1. The van der Waals surface area contributed by atoms with Gasteiger partial charge in [0.25, 0.3) is 5.91 Å². The van der Waals surface area contributed by atoms with Crippen molar-refractivity contribution in [2.45, 2.75) is 18.9 Å². The number of hydrogen-bond donors (Lipinski definition) is 4. The van der Waals surface area contributed by atoms with Gasteiger partial charge >= 0.3 is 6.09 Å². The number of rotatable bonds is 4. The SMILES string of the molecule is O=C(NC1CCCN(C(=O)O)C1)c1sccc1Nc1ncnc2[nH]ccc12. The number of likely N-dealkylation sites (tertiary alicyclic amines) is 1. The molecule has 0 spiro atoms. The van der Waals surface area contributed by atoms with Crippen molar-refractivity contribution >= 4 is 45.9 Å². The number of thiophene rings is 1. The lowest BCUT2D eigenvalue weighted by Crippen LogP contribution is -2.49. The number of aromatic amines is 1. The second-order valence-electron chi connectivity index (χ2n) is 6.29. The molecule has 1 fully saturated rings. The standard InChI is InChI=1S/C17H18N6O3S/c24-16(21-10-2-1-6-23(8-10)17(25)26)13-12(4-7-27-13)22-15-11-3-5-18-14(11)19-9-20-15/h3-5,7,9-10H,1-2,6,8H2,(H,21,24)(H,25,26)(H2,18,19,20,22). The van der Waals surface area contributed by atoms with Crippen molar-refractivity contribution in [1.82, 2.24) is 25.2 Å². The van der Waals surface area contributed by atoms with Crippen molar-refractivity contribution in [2.24, 2.45) is 0 Å². The van der Waals surface area contributed by atoms with Crippen molar-refractivity contribution in [1.29, 1.82) is 0 Å². The van der Waals surface area contributed by atoms with Gasteiger partial charge in [-0.3, -0.25) is 4.79 Å². The van der Waals surface area contributed by atoms with Crippen molar-refractivity contribution in [2.75, 3.05) is 18.4 Å². The molecule has 2 amide bonds. The molecule has 1 atom stereocenters. The van der Waals surface area contributed by atoms with E-state index in [-0.39, 0.29) is 11.9 Å². The van der Waals surface area contributed by atoms with Crippen molar-refractivity contribution in [3.8, 4) is 0 Å². The van der Waals surface area contributed by atoms with E-state index in [2.05, 4.69) is 25.6 Å². The Labute approximate surface area is 158 Å². The fourth-order valence-electron chi connectivity index (χ4n) is 3.20. The Hall–Kier alpha value is -3.14. The lowest BCUT2D eigenvalue weighted by atomic mass is 10.1. The number of fused-ring (bicyclic) bond motifs is 1. The summed E-state index contributed by atoms with van der Waals surface area (Å²) in [5.74, 6) is 0.396. The zero-order chi connectivity index (χ0) is 18.8. The van der Waals surface area contributed by atoms with Gasteiger partial charge in [-0.1, -0.05) is 0 Å². The monoisotopic (exact) mass is 386 g/mol. The molecule has 1 saturated heterocycles. The maximum Gasteiger partial charge on any atom is 0.407 e. The lowest BCUT2D eigenvalue weighted by Gasteiger charge is -2.31. The summed E-state index contributed by atoms with van der Waals surface area (Å²) in [7, 11) is 0. The first-order chi connectivity index (χ1) is 13.1. The van der Waals surface area contributed by atoms with Crippen LogP contribution < -0.4 is 10.6 Å². The number of carbonyl (C=O) groups excluding carboxylic acids is 1. The van der Waals surface area contributed by atoms with Crippen LogP contribution in [0.25, 0.3) is 11.0 Å². The van der Waals surface area contributed by atoms with Crippen LogP contribution in [-0.4, -0.2) is 56.1 Å². The minimum absolute atomic E-state index is 0.187. The van der Waals surface area contributed by atoms with E-state index >= 15 is 0 Å². The first kappa shape index (κ1) is 17.3. The molecule has 3 aromatic heterocycles. The molecule has 4 heterocycles. The third-order valence-corrected chi connectivity index (χ3v) is 5.42. The molecule has 140 valence electrons. The molecule has 0 aromatic carbocycles. The van der Waals surface area contributed by atoms with Gasteiger partial charge in [-0.25, -0.2) is 14.8 Å². The number of nitrogens with one attached hydrogen (secondary N) is 3. The summed E-state index contributed by atoms with van der Waals surface area (Å²) in [6.07, 6.45) is 3.78. The Bertz CT molecular complexity index is 984. The first-order valence-electron chi connectivity index (χ1n) is 8.53. The number of anilines is 2. The lowest BCUT2D eigenvalue weighted by molar-refractivity contribution is 0.0893. The van der Waals surface area contributed by atoms with Gasteiger partial charge in [0, 0.05) is 25.3 Å². The van der Waals surface area contributed by atoms with Crippen molar-refractivity contribution < 1.29 is 14.7 Å². The zero-order valence-corrected chi connectivity index (χ0v) is 15.1. The van der Waals surface area contributed by atoms with Gasteiger partial charge in [0.15, 0.2) is 0 Å². The Morgan fingerprint density at radius 3 is 3.07 bits per heavy atom. The molecule has 0 radical (unpaired) electrons. The highest BCUT2D eigenvalue weighted by Crippen LogP contribution is 2.28. The summed E-state index contributed by atoms with van der Waals surface area (Å²) < 4.78 is 0. The average Bonchev–Trinajstić information content (AvgIpc) is 3.31. The summed E-state index contributed by atoms with van der Waals surface area (Å²) in [5.41, 5.74) is 1.37. The second-order valence-corrected chi connectivity index (χ2v) is 7.21. The van der Waals surface area contributed by atoms with Crippen LogP contribution in [0.4, 0.5) is 16.3 Å². The molecule has 9 nitrogen and oxygen atoms in total. The number of amides is 2. The van der Waals surface area contributed by atoms with Crippen LogP contribution >= 0.6 is 11.3 Å². The summed E-state index contributed by atoms with van der Waals surface area (Å²) in [6.45, 7) is 0.818. The predicted molar refractivity (Wildman–Crippen MR) is 102 cm³/mol. The average molecular weight is 386 g/mol.